The molecule has 0 heterocycles. The summed E-state index contributed by atoms with van der Waals surface area (Å²) in [6.45, 7) is -0.705. The third-order valence-electron chi connectivity index (χ3n) is 3.33. The first-order valence-electron chi connectivity index (χ1n) is 7.34. The Morgan fingerprint density at radius 1 is 0.769 bits per heavy atom. The van der Waals surface area contributed by atoms with Crippen LogP contribution in [0.15, 0.2) is 36.4 Å². The molecule has 0 bridgehead atoms. The maximum Gasteiger partial charge on any atom is 0.173 e. The maximum atomic E-state index is 13.0. The summed E-state index contributed by atoms with van der Waals surface area (Å²) in [5, 5.41) is 17.7. The first-order valence-corrected chi connectivity index (χ1v) is 9.59. The van der Waals surface area contributed by atoms with Crippen LogP contribution in [0.1, 0.15) is 31.8 Å². The van der Waals surface area contributed by atoms with Crippen LogP contribution in [0.5, 0.6) is 0 Å². The minimum absolute atomic E-state index is 0.172. The molecule has 0 saturated carbocycles. The number of halogens is 4. The van der Waals surface area contributed by atoms with E-state index in [0.717, 1.165) is 12.1 Å². The molecule has 2 rings (SSSR count). The highest BCUT2D eigenvalue weighted by Crippen LogP contribution is 2.12. The van der Waals surface area contributed by atoms with Crippen molar-refractivity contribution in [2.75, 3.05) is 10.7 Å². The van der Waals surface area contributed by atoms with Crippen LogP contribution in [0.2, 0.25) is 0 Å². The molecule has 0 aliphatic heterocycles. The van der Waals surface area contributed by atoms with Crippen molar-refractivity contribution in [3.8, 4) is 0 Å². The van der Waals surface area contributed by atoms with E-state index in [1.165, 1.54) is 24.3 Å². The van der Waals surface area contributed by atoms with Crippen molar-refractivity contribution >= 4 is 43.4 Å². The van der Waals surface area contributed by atoms with E-state index >= 15 is 0 Å². The van der Waals surface area contributed by atoms with Crippen LogP contribution in [-0.2, 0) is 13.2 Å². The summed E-state index contributed by atoms with van der Waals surface area (Å²) in [5.74, 6) is -1.45. The summed E-state index contributed by atoms with van der Waals surface area (Å²) in [6.07, 6.45) is 0. The van der Waals surface area contributed by atoms with Crippen LogP contribution in [-0.4, -0.2) is 32.4 Å². The standard InChI is InChI=1S/2C9H8BrFO2/c2*10-4-9(13)6-1-2-7(5-12)8(11)3-6/h2*1-3,12H,4-5H2. The number of Topliss-reactive ketones (excluding diaryl/α,β-unsaturated/α-hetero) is 2. The topological polar surface area (TPSA) is 74.6 Å². The average Bonchev–Trinajstić information content (AvgIpc) is 2.67. The van der Waals surface area contributed by atoms with Gasteiger partial charge in [0.25, 0.3) is 0 Å². The van der Waals surface area contributed by atoms with Gasteiger partial charge in [-0.25, -0.2) is 8.78 Å². The number of alkyl halides is 2. The van der Waals surface area contributed by atoms with E-state index in [0.29, 0.717) is 11.1 Å². The number of aliphatic hydroxyl groups excluding tert-OH is 2. The normalized spacial score (nSPS) is 10.1. The Hall–Kier alpha value is -1.48. The Labute approximate surface area is 166 Å². The summed E-state index contributed by atoms with van der Waals surface area (Å²) < 4.78 is 26.0. The van der Waals surface area contributed by atoms with Crippen LogP contribution in [0, 0.1) is 11.6 Å². The van der Waals surface area contributed by atoms with Crippen LogP contribution in [0.25, 0.3) is 0 Å². The summed E-state index contributed by atoms with van der Waals surface area (Å²) >= 11 is 5.98. The fourth-order valence-electron chi connectivity index (χ4n) is 1.85. The Morgan fingerprint density at radius 2 is 1.12 bits per heavy atom. The van der Waals surface area contributed by atoms with E-state index in [-0.39, 0.29) is 46.6 Å². The SMILES string of the molecule is O=C(CBr)c1ccc(CO)c(F)c1.O=C(CBr)c1ccc(CO)c(F)c1. The summed E-state index contributed by atoms with van der Waals surface area (Å²) in [5.41, 5.74) is 1.02. The number of benzene rings is 2. The monoisotopic (exact) mass is 492 g/mol. The predicted molar refractivity (Wildman–Crippen MR) is 101 cm³/mol. The molecule has 140 valence electrons. The van der Waals surface area contributed by atoms with Crippen LogP contribution < -0.4 is 0 Å². The average molecular weight is 494 g/mol. The lowest BCUT2D eigenvalue weighted by molar-refractivity contribution is 0.101. The molecule has 0 fully saturated rings. The molecule has 8 heteroatoms. The molecule has 0 spiro atoms. The van der Waals surface area contributed by atoms with Gasteiger partial charge in [0.2, 0.25) is 0 Å². The molecular formula is C18H16Br2F2O4. The predicted octanol–water partition coefficient (Wildman–Crippen LogP) is 3.79. The smallest absolute Gasteiger partial charge is 0.173 e. The van der Waals surface area contributed by atoms with Gasteiger partial charge in [-0.05, 0) is 12.1 Å². The lowest BCUT2D eigenvalue weighted by Crippen LogP contribution is -2.01. The van der Waals surface area contributed by atoms with Crippen LogP contribution in [0.4, 0.5) is 8.78 Å². The largest absolute Gasteiger partial charge is 0.392 e. The molecular weight excluding hydrogens is 478 g/mol. The van der Waals surface area contributed by atoms with Gasteiger partial charge in [-0.15, -0.1) is 0 Å². The number of rotatable bonds is 6. The molecule has 0 atom stereocenters. The van der Waals surface area contributed by atoms with E-state index in [9.17, 15) is 18.4 Å². The van der Waals surface area contributed by atoms with Crippen LogP contribution in [0.3, 0.4) is 0 Å². The second kappa shape index (κ2) is 11.3. The van der Waals surface area contributed by atoms with Crippen LogP contribution >= 0.6 is 31.9 Å². The lowest BCUT2D eigenvalue weighted by Gasteiger charge is -2.01. The summed E-state index contributed by atoms with van der Waals surface area (Å²) in [7, 11) is 0. The van der Waals surface area contributed by atoms with E-state index in [4.69, 9.17) is 10.2 Å². The van der Waals surface area contributed by atoms with Crippen molar-refractivity contribution in [2.24, 2.45) is 0 Å². The Morgan fingerprint density at radius 3 is 1.35 bits per heavy atom. The minimum atomic E-state index is -0.547. The van der Waals surface area contributed by atoms with E-state index < -0.39 is 11.6 Å². The number of carbonyl (C=O) groups is 2. The molecule has 0 radical (unpaired) electrons. The quantitative estimate of drug-likeness (QED) is 0.474. The van der Waals surface area contributed by atoms with Crippen molar-refractivity contribution in [1.29, 1.82) is 0 Å². The van der Waals surface area contributed by atoms with Crippen molar-refractivity contribution in [1.82, 2.24) is 0 Å². The molecule has 2 N–H and O–H groups in total. The molecule has 26 heavy (non-hydrogen) atoms. The highest BCUT2D eigenvalue weighted by molar-refractivity contribution is 9.09. The van der Waals surface area contributed by atoms with Gasteiger partial charge < -0.3 is 10.2 Å². The summed E-state index contributed by atoms with van der Waals surface area (Å²) in [6, 6.07) is 8.08. The first-order chi connectivity index (χ1) is 12.4. The van der Waals surface area contributed by atoms with E-state index in [1.54, 1.807) is 0 Å². The Bertz CT molecular complexity index is 716. The van der Waals surface area contributed by atoms with Gasteiger partial charge in [0.1, 0.15) is 11.6 Å². The Kier molecular flexibility index (Phi) is 9.79. The number of ketones is 2. The van der Waals surface area contributed by atoms with Crippen molar-refractivity contribution < 1.29 is 28.6 Å². The fraction of sp³-hybridized carbons (Fsp3) is 0.222. The van der Waals surface area contributed by atoms with Gasteiger partial charge >= 0.3 is 0 Å². The fourth-order valence-corrected chi connectivity index (χ4v) is 2.50. The molecule has 4 nitrogen and oxygen atoms in total. The third-order valence-corrected chi connectivity index (χ3v) is 4.35. The zero-order valence-electron chi connectivity index (χ0n) is 13.5. The lowest BCUT2D eigenvalue weighted by atomic mass is 10.1. The molecule has 2 aromatic carbocycles. The number of hydrogen-bond donors (Lipinski definition) is 2. The van der Waals surface area contributed by atoms with Gasteiger partial charge in [-0.3, -0.25) is 9.59 Å². The molecule has 0 unspecified atom stereocenters. The molecule has 2 aromatic rings. The first kappa shape index (κ1) is 22.6. The molecule has 0 saturated heterocycles. The highest BCUT2D eigenvalue weighted by atomic mass is 79.9. The van der Waals surface area contributed by atoms with Gasteiger partial charge in [0.05, 0.1) is 23.9 Å². The molecule has 0 amide bonds. The van der Waals surface area contributed by atoms with Crippen molar-refractivity contribution in [2.45, 2.75) is 13.2 Å². The minimum Gasteiger partial charge on any atom is -0.392 e. The maximum absolute atomic E-state index is 13.0. The molecule has 0 aliphatic rings. The van der Waals surface area contributed by atoms with E-state index in [1.807, 2.05) is 0 Å². The van der Waals surface area contributed by atoms with Gasteiger partial charge in [0.15, 0.2) is 11.6 Å². The van der Waals surface area contributed by atoms with Crippen molar-refractivity contribution in [3.05, 3.63) is 70.3 Å². The second-order valence-electron chi connectivity index (χ2n) is 5.04. The number of carbonyl (C=O) groups excluding carboxylic acids is 2. The molecule has 0 aliphatic carbocycles. The van der Waals surface area contributed by atoms with Crippen molar-refractivity contribution in [3.63, 3.8) is 0 Å². The number of aliphatic hydroxyl groups is 2. The molecule has 0 aromatic heterocycles. The van der Waals surface area contributed by atoms with Gasteiger partial charge in [0, 0.05) is 22.3 Å². The second-order valence-corrected chi connectivity index (χ2v) is 6.16. The number of hydrogen-bond acceptors (Lipinski definition) is 4. The van der Waals surface area contributed by atoms with Gasteiger partial charge in [-0.1, -0.05) is 56.1 Å². The summed E-state index contributed by atoms with van der Waals surface area (Å²) in [4.78, 5) is 22.2. The Balaban J connectivity index is 0.000000260. The zero-order valence-corrected chi connectivity index (χ0v) is 16.7. The zero-order chi connectivity index (χ0) is 19.7. The van der Waals surface area contributed by atoms with E-state index in [2.05, 4.69) is 31.9 Å². The third kappa shape index (κ3) is 6.35. The van der Waals surface area contributed by atoms with Gasteiger partial charge in [-0.2, -0.15) is 0 Å². The highest BCUT2D eigenvalue weighted by Gasteiger charge is 2.08.